The molecular formula is C74H143NO5. The number of aliphatic hydroxyl groups excluding tert-OH is 2. The van der Waals surface area contributed by atoms with Gasteiger partial charge in [0.15, 0.2) is 0 Å². The highest BCUT2D eigenvalue weighted by molar-refractivity contribution is 5.76. The van der Waals surface area contributed by atoms with Crippen LogP contribution in [0.1, 0.15) is 412 Å². The number of allylic oxidation sites excluding steroid dienone is 4. The summed E-state index contributed by atoms with van der Waals surface area (Å²) in [6, 6.07) is -0.546. The minimum absolute atomic E-state index is 0.0103. The van der Waals surface area contributed by atoms with E-state index in [9.17, 15) is 19.8 Å². The van der Waals surface area contributed by atoms with Gasteiger partial charge in [0.2, 0.25) is 5.91 Å². The van der Waals surface area contributed by atoms with E-state index in [0.717, 1.165) is 44.9 Å². The van der Waals surface area contributed by atoms with Crippen molar-refractivity contribution in [3.63, 3.8) is 0 Å². The Kier molecular flexibility index (Phi) is 68.4. The SMILES string of the molecule is CCCCCCCC/C=C\CCCCCCCCCC(=O)OCCCCCCCCCCCCCC/C=C\CCCCCCCCCCC(=O)NC(CO)C(O)CCCCCCCCCCCCCCCCCCCCCCCC. The molecule has 6 heteroatoms. The van der Waals surface area contributed by atoms with Gasteiger partial charge in [0.1, 0.15) is 0 Å². The van der Waals surface area contributed by atoms with Gasteiger partial charge in [-0.3, -0.25) is 9.59 Å². The minimum atomic E-state index is -0.668. The zero-order chi connectivity index (χ0) is 57.8. The quantitative estimate of drug-likeness (QED) is 0.0320. The van der Waals surface area contributed by atoms with Crippen molar-refractivity contribution < 1.29 is 24.5 Å². The van der Waals surface area contributed by atoms with Crippen LogP contribution in [0.3, 0.4) is 0 Å². The molecule has 0 bridgehead atoms. The van der Waals surface area contributed by atoms with Gasteiger partial charge in [-0.25, -0.2) is 0 Å². The third-order valence-electron chi connectivity index (χ3n) is 17.2. The van der Waals surface area contributed by atoms with Crippen molar-refractivity contribution in [1.82, 2.24) is 5.32 Å². The lowest BCUT2D eigenvalue weighted by atomic mass is 10.0. The highest BCUT2D eigenvalue weighted by Gasteiger charge is 2.20. The van der Waals surface area contributed by atoms with Gasteiger partial charge in [0, 0.05) is 12.8 Å². The Hall–Kier alpha value is -1.66. The number of hydrogen-bond acceptors (Lipinski definition) is 5. The van der Waals surface area contributed by atoms with Crippen molar-refractivity contribution in [3.05, 3.63) is 24.3 Å². The fraction of sp³-hybridized carbons (Fsp3) is 0.919. The van der Waals surface area contributed by atoms with E-state index in [4.69, 9.17) is 4.74 Å². The highest BCUT2D eigenvalue weighted by atomic mass is 16.5. The summed E-state index contributed by atoms with van der Waals surface area (Å²) in [6.45, 7) is 4.99. The van der Waals surface area contributed by atoms with Crippen LogP contribution >= 0.6 is 0 Å². The summed E-state index contributed by atoms with van der Waals surface area (Å²) in [4.78, 5) is 24.7. The largest absolute Gasteiger partial charge is 0.466 e. The summed E-state index contributed by atoms with van der Waals surface area (Å²) in [5.74, 6) is -0.0246. The number of ether oxygens (including phenoxy) is 1. The van der Waals surface area contributed by atoms with E-state index in [-0.39, 0.29) is 18.5 Å². The average Bonchev–Trinajstić information content (AvgIpc) is 3.46. The molecule has 0 aliphatic carbocycles. The van der Waals surface area contributed by atoms with Crippen LogP contribution in [0.4, 0.5) is 0 Å². The molecule has 1 amide bonds. The predicted octanol–water partition coefficient (Wildman–Crippen LogP) is 23.7. The summed E-state index contributed by atoms with van der Waals surface area (Å²) < 4.78 is 5.50. The summed E-state index contributed by atoms with van der Waals surface area (Å²) >= 11 is 0. The first-order chi connectivity index (χ1) is 39.5. The maximum absolute atomic E-state index is 12.6. The summed E-state index contributed by atoms with van der Waals surface area (Å²) in [5, 5.41) is 23.4. The van der Waals surface area contributed by atoms with Gasteiger partial charge < -0.3 is 20.3 Å². The average molecular weight is 1130 g/mol. The number of esters is 1. The molecule has 0 radical (unpaired) electrons. The molecule has 80 heavy (non-hydrogen) atoms. The molecule has 0 rings (SSSR count). The maximum atomic E-state index is 12.6. The molecule has 0 heterocycles. The third-order valence-corrected chi connectivity index (χ3v) is 17.2. The molecule has 0 fully saturated rings. The highest BCUT2D eigenvalue weighted by Crippen LogP contribution is 2.19. The second kappa shape index (κ2) is 69.8. The first-order valence-electron chi connectivity index (χ1n) is 36.6. The molecule has 2 unspecified atom stereocenters. The molecule has 0 aliphatic heterocycles. The normalized spacial score (nSPS) is 12.6. The van der Waals surface area contributed by atoms with Gasteiger partial charge >= 0.3 is 5.97 Å². The number of amides is 1. The van der Waals surface area contributed by atoms with Crippen molar-refractivity contribution in [2.75, 3.05) is 13.2 Å². The van der Waals surface area contributed by atoms with Gasteiger partial charge in [-0.15, -0.1) is 0 Å². The van der Waals surface area contributed by atoms with Crippen molar-refractivity contribution >= 4 is 11.9 Å². The third kappa shape index (κ3) is 65.5. The summed E-state index contributed by atoms with van der Waals surface area (Å²) in [5.41, 5.74) is 0. The molecule has 0 aliphatic rings. The molecule has 6 nitrogen and oxygen atoms in total. The van der Waals surface area contributed by atoms with E-state index in [1.165, 1.54) is 334 Å². The molecule has 0 aromatic heterocycles. The molecule has 0 saturated carbocycles. The Morgan fingerprint density at radius 2 is 0.588 bits per heavy atom. The second-order valence-corrected chi connectivity index (χ2v) is 25.3. The predicted molar refractivity (Wildman–Crippen MR) is 352 cm³/mol. The lowest BCUT2D eigenvalue weighted by Crippen LogP contribution is -2.45. The zero-order valence-corrected chi connectivity index (χ0v) is 54.3. The topological polar surface area (TPSA) is 95.9 Å². The van der Waals surface area contributed by atoms with Crippen molar-refractivity contribution in [2.24, 2.45) is 0 Å². The van der Waals surface area contributed by atoms with Crippen LogP contribution < -0.4 is 5.32 Å². The molecule has 0 saturated heterocycles. The number of unbranched alkanes of at least 4 members (excludes halogenated alkanes) is 54. The Morgan fingerprint density at radius 1 is 0.338 bits per heavy atom. The Bertz CT molecular complexity index is 1250. The maximum Gasteiger partial charge on any atom is 0.305 e. The summed E-state index contributed by atoms with van der Waals surface area (Å²) in [7, 11) is 0. The lowest BCUT2D eigenvalue weighted by Gasteiger charge is -2.22. The van der Waals surface area contributed by atoms with Gasteiger partial charge in [-0.1, -0.05) is 346 Å². The second-order valence-electron chi connectivity index (χ2n) is 25.3. The Balaban J connectivity index is 3.39. The number of aliphatic hydroxyl groups is 2. The van der Waals surface area contributed by atoms with E-state index in [0.29, 0.717) is 25.9 Å². The van der Waals surface area contributed by atoms with Crippen molar-refractivity contribution in [1.29, 1.82) is 0 Å². The minimum Gasteiger partial charge on any atom is -0.466 e. The van der Waals surface area contributed by atoms with E-state index in [1.54, 1.807) is 0 Å². The van der Waals surface area contributed by atoms with Crippen molar-refractivity contribution in [3.8, 4) is 0 Å². The first kappa shape index (κ1) is 78.3. The fourth-order valence-corrected chi connectivity index (χ4v) is 11.6. The van der Waals surface area contributed by atoms with Gasteiger partial charge in [0.05, 0.1) is 25.4 Å². The Morgan fingerprint density at radius 3 is 0.887 bits per heavy atom. The molecule has 2 atom stereocenters. The number of carbonyl (C=O) groups is 2. The number of rotatable bonds is 69. The van der Waals surface area contributed by atoms with Gasteiger partial charge in [-0.05, 0) is 77.0 Å². The van der Waals surface area contributed by atoms with E-state index >= 15 is 0 Å². The molecule has 0 aromatic carbocycles. The Labute approximate surface area is 501 Å². The standard InChI is InChI=1S/C74H143NO5/c1-3-5-7-9-11-13-15-17-19-21-22-23-28-31-35-38-42-46-50-54-58-62-66-72(77)71(70-76)75-73(78)67-63-59-55-51-47-43-39-36-32-29-26-24-25-27-30-33-37-41-45-49-53-57-61-65-69-80-74(79)68-64-60-56-52-48-44-40-34-20-18-16-14-12-10-8-6-4-2/h18,20,26,29,71-72,76-77H,3-17,19,21-25,27-28,30-70H2,1-2H3,(H,75,78)/b20-18-,29-26-. The monoisotopic (exact) mass is 1130 g/mol. The van der Waals surface area contributed by atoms with Crippen LogP contribution in [0, 0.1) is 0 Å². The molecule has 3 N–H and O–H groups in total. The molecule has 0 spiro atoms. The van der Waals surface area contributed by atoms with Crippen LogP contribution in [0.15, 0.2) is 24.3 Å². The van der Waals surface area contributed by atoms with Crippen LogP contribution in [-0.4, -0.2) is 47.4 Å². The summed E-state index contributed by atoms with van der Waals surface area (Å²) in [6.07, 6.45) is 88.0. The van der Waals surface area contributed by atoms with Gasteiger partial charge in [-0.2, -0.15) is 0 Å². The fourth-order valence-electron chi connectivity index (χ4n) is 11.6. The molecule has 474 valence electrons. The van der Waals surface area contributed by atoms with Crippen LogP contribution in [0.2, 0.25) is 0 Å². The first-order valence-corrected chi connectivity index (χ1v) is 36.6. The molecular weight excluding hydrogens is 983 g/mol. The van der Waals surface area contributed by atoms with E-state index in [1.807, 2.05) is 0 Å². The van der Waals surface area contributed by atoms with Crippen LogP contribution in [0.25, 0.3) is 0 Å². The number of nitrogens with one attached hydrogen (secondary N) is 1. The zero-order valence-electron chi connectivity index (χ0n) is 54.3. The van der Waals surface area contributed by atoms with E-state index in [2.05, 4.69) is 43.5 Å². The number of carbonyl (C=O) groups excluding carboxylic acids is 2. The van der Waals surface area contributed by atoms with Gasteiger partial charge in [0.25, 0.3) is 0 Å². The smallest absolute Gasteiger partial charge is 0.305 e. The van der Waals surface area contributed by atoms with Crippen LogP contribution in [-0.2, 0) is 14.3 Å². The van der Waals surface area contributed by atoms with Crippen LogP contribution in [0.5, 0.6) is 0 Å². The van der Waals surface area contributed by atoms with Crippen molar-refractivity contribution in [2.45, 2.75) is 424 Å². The lowest BCUT2D eigenvalue weighted by molar-refractivity contribution is -0.143. The molecule has 0 aromatic rings. The van der Waals surface area contributed by atoms with E-state index < -0.39 is 12.1 Å². The number of hydrogen-bond donors (Lipinski definition) is 3.